The lowest BCUT2D eigenvalue weighted by Crippen LogP contribution is -2.00. The van der Waals surface area contributed by atoms with Crippen molar-refractivity contribution in [2.75, 3.05) is 0 Å². The average molecular weight is 532 g/mol. The molecule has 0 saturated carbocycles. The minimum Gasteiger partial charge on any atom is -0.402 e. The smallest absolute Gasteiger partial charge is 0.371 e. The van der Waals surface area contributed by atoms with E-state index in [2.05, 4.69) is 24.3 Å². The molecule has 0 aliphatic carbocycles. The van der Waals surface area contributed by atoms with Crippen LogP contribution in [0.5, 0.6) is 0 Å². The fourth-order valence-electron chi connectivity index (χ4n) is 4.93. The van der Waals surface area contributed by atoms with Crippen molar-refractivity contribution in [3.63, 3.8) is 0 Å². The van der Waals surface area contributed by atoms with Crippen molar-refractivity contribution in [3.05, 3.63) is 133 Å². The number of fused-ring (bicyclic) bond motifs is 7. The van der Waals surface area contributed by atoms with Crippen molar-refractivity contribution < 1.29 is 12.6 Å². The maximum atomic E-state index is 14.7. The van der Waals surface area contributed by atoms with Crippen molar-refractivity contribution in [3.8, 4) is 0 Å². The summed E-state index contributed by atoms with van der Waals surface area (Å²) >= 11 is 0. The Balaban J connectivity index is 1.67. The number of hydrogen-bond acceptors (Lipinski definition) is 4. The van der Waals surface area contributed by atoms with E-state index in [1.807, 2.05) is 109 Å². The zero-order valence-electron chi connectivity index (χ0n) is 20.2. The molecule has 6 aromatic carbocycles. The van der Waals surface area contributed by atoms with Gasteiger partial charge in [-0.1, -0.05) is 97.1 Å². The molecule has 0 N–H and O–H groups in total. The molecule has 0 unspecified atom stereocenters. The molecule has 0 fully saturated rings. The molecule has 4 nitrogen and oxygen atoms in total. The summed E-state index contributed by atoms with van der Waals surface area (Å²) in [7, 11) is -5.02. The van der Waals surface area contributed by atoms with Gasteiger partial charge in [0, 0.05) is 10.8 Å². The summed E-state index contributed by atoms with van der Waals surface area (Å²) in [6, 6.07) is 43.2. The van der Waals surface area contributed by atoms with Crippen molar-refractivity contribution in [2.45, 2.75) is 9.79 Å². The zero-order valence-corrected chi connectivity index (χ0v) is 21.9. The highest BCUT2D eigenvalue weighted by Crippen LogP contribution is 2.43. The molecule has 0 aliphatic heterocycles. The highest BCUT2D eigenvalue weighted by Gasteiger charge is 2.19. The summed E-state index contributed by atoms with van der Waals surface area (Å²) in [6.45, 7) is 0. The Morgan fingerprint density at radius 1 is 0.500 bits per heavy atom. The number of rotatable bonds is 3. The highest BCUT2D eigenvalue weighted by atomic mass is 32.2. The second kappa shape index (κ2) is 9.21. The lowest BCUT2D eigenvalue weighted by atomic mass is 9.99. The molecular weight excluding hydrogens is 509 g/mol. The van der Waals surface area contributed by atoms with E-state index in [9.17, 15) is 4.21 Å². The summed E-state index contributed by atoms with van der Waals surface area (Å²) in [5.41, 5.74) is 1.33. The van der Waals surface area contributed by atoms with E-state index >= 15 is 0 Å². The van der Waals surface area contributed by atoms with Gasteiger partial charge in [-0.05, 0) is 57.9 Å². The van der Waals surface area contributed by atoms with Crippen LogP contribution >= 0.6 is 8.16 Å². The quantitative estimate of drug-likeness (QED) is 0.228. The van der Waals surface area contributed by atoms with Crippen LogP contribution in [0.3, 0.4) is 0 Å². The van der Waals surface area contributed by atoms with Gasteiger partial charge in [-0.2, -0.15) is 0 Å². The first-order valence-corrected chi connectivity index (χ1v) is 14.9. The fourth-order valence-corrected chi connectivity index (χ4v) is 8.70. The van der Waals surface area contributed by atoms with Crippen molar-refractivity contribution in [1.82, 2.24) is 0 Å². The summed E-state index contributed by atoms with van der Waals surface area (Å²) in [5.74, 6) is 0. The van der Waals surface area contributed by atoms with Crippen LogP contribution in [0.4, 0.5) is 0 Å². The third-order valence-electron chi connectivity index (χ3n) is 6.69. The molecule has 0 amide bonds. The maximum Gasteiger partial charge on any atom is 0.371 e. The first-order valence-electron chi connectivity index (χ1n) is 12.3. The Bertz CT molecular complexity index is 1990. The fraction of sp³-hybridized carbons (Fsp3) is 0. The second-order valence-corrected chi connectivity index (χ2v) is 12.5. The van der Waals surface area contributed by atoms with Gasteiger partial charge in [0.2, 0.25) is 0 Å². The van der Waals surface area contributed by atoms with Crippen LogP contribution < -0.4 is 0 Å². The molecule has 6 heteroatoms. The van der Waals surface area contributed by atoms with Crippen LogP contribution in [0.15, 0.2) is 156 Å². The second-order valence-electron chi connectivity index (χ2n) is 8.97. The summed E-state index contributed by atoms with van der Waals surface area (Å²) in [6.07, 6.45) is 0. The Hall–Kier alpha value is -4.31. The number of nitrogens with zero attached hydrogens (tertiary/aromatic N) is 1. The van der Waals surface area contributed by atoms with Crippen LogP contribution in [0.25, 0.3) is 43.5 Å². The third kappa shape index (κ3) is 3.79. The molecule has 184 valence electrons. The van der Waals surface area contributed by atoms with E-state index in [0.717, 1.165) is 32.3 Å². The maximum absolute atomic E-state index is 14.7. The van der Waals surface area contributed by atoms with Crippen LogP contribution in [-0.4, -0.2) is 4.21 Å². The van der Waals surface area contributed by atoms with Crippen molar-refractivity contribution in [1.29, 1.82) is 0 Å². The van der Waals surface area contributed by atoms with Gasteiger partial charge in [0.05, 0.1) is 9.79 Å². The largest absolute Gasteiger partial charge is 0.402 e. The molecule has 1 heterocycles. The lowest BCUT2D eigenvalue weighted by Gasteiger charge is -2.09. The SMILES string of the molecule is O=S(=Np1oc2ccc3ccccc3c2c2c(ccc3ccccc32)o1)(c1ccccc1)c1ccccc1. The minimum atomic E-state index is -3.05. The first-order chi connectivity index (χ1) is 18.7. The Kier molecular flexibility index (Phi) is 5.54. The summed E-state index contributed by atoms with van der Waals surface area (Å²) < 4.78 is 32.6. The van der Waals surface area contributed by atoms with Crippen molar-refractivity contribution in [2.24, 2.45) is 4.13 Å². The van der Waals surface area contributed by atoms with Crippen LogP contribution in [-0.2, 0) is 9.73 Å². The molecule has 0 bridgehead atoms. The predicted octanol–water partition coefficient (Wildman–Crippen LogP) is 9.95. The monoisotopic (exact) mass is 531 g/mol. The van der Waals surface area contributed by atoms with Gasteiger partial charge in [-0.25, -0.2) is 4.21 Å². The molecule has 38 heavy (non-hydrogen) atoms. The van der Waals surface area contributed by atoms with Crippen LogP contribution in [0, 0.1) is 0 Å². The topological polar surface area (TPSA) is 55.7 Å². The van der Waals surface area contributed by atoms with Crippen molar-refractivity contribution >= 4 is 61.4 Å². The van der Waals surface area contributed by atoms with Gasteiger partial charge in [0.15, 0.2) is 0 Å². The van der Waals surface area contributed by atoms with Gasteiger partial charge in [0.1, 0.15) is 20.9 Å². The van der Waals surface area contributed by atoms with E-state index < -0.39 is 17.9 Å². The molecule has 0 atom stereocenters. The summed E-state index contributed by atoms with van der Waals surface area (Å²) in [5, 5.41) is 6.26. The van der Waals surface area contributed by atoms with E-state index in [0.29, 0.717) is 21.0 Å². The standard InChI is InChI=1S/C32H22NO3PS/c34-38(25-13-3-1-4-14-25,26-15-5-2-6-16-26)33-37-35-29-21-19-23-11-7-9-17-27(23)31(29)32-28-18-10-8-12-24(28)20-22-30(32)36-37/h1-22H. The molecule has 0 radical (unpaired) electrons. The normalized spacial score (nSPS) is 11.8. The van der Waals surface area contributed by atoms with Crippen LogP contribution in [0.1, 0.15) is 0 Å². The number of benzene rings is 6. The molecule has 0 aliphatic rings. The molecular formula is C32H22NO3PS. The van der Waals surface area contributed by atoms with Gasteiger partial charge < -0.3 is 8.39 Å². The highest BCUT2D eigenvalue weighted by molar-refractivity contribution is 7.95. The average Bonchev–Trinajstić information content (AvgIpc) is 3.14. The Morgan fingerprint density at radius 2 is 0.921 bits per heavy atom. The molecule has 7 rings (SSSR count). The number of hydrogen-bond donors (Lipinski definition) is 0. The third-order valence-corrected chi connectivity index (χ3v) is 10.7. The van der Waals surface area contributed by atoms with E-state index in [4.69, 9.17) is 12.5 Å². The van der Waals surface area contributed by atoms with Gasteiger partial charge in [-0.3, -0.25) is 0 Å². The molecule has 1 aromatic heterocycles. The molecule has 7 aromatic rings. The zero-order chi connectivity index (χ0) is 25.5. The van der Waals surface area contributed by atoms with E-state index in [1.165, 1.54) is 0 Å². The Labute approximate surface area is 220 Å². The first kappa shape index (κ1) is 22.9. The molecule has 0 spiro atoms. The van der Waals surface area contributed by atoms with Gasteiger partial charge >= 0.3 is 8.16 Å². The lowest BCUT2D eigenvalue weighted by molar-refractivity contribution is 0.641. The van der Waals surface area contributed by atoms with Crippen LogP contribution in [0.2, 0.25) is 0 Å². The summed E-state index contributed by atoms with van der Waals surface area (Å²) in [4.78, 5) is 1.23. The Morgan fingerprint density at radius 3 is 1.39 bits per heavy atom. The van der Waals surface area contributed by atoms with Gasteiger partial charge in [-0.15, -0.1) is 4.13 Å². The van der Waals surface area contributed by atoms with Gasteiger partial charge in [0.25, 0.3) is 0 Å². The van der Waals surface area contributed by atoms with E-state index in [1.54, 1.807) is 0 Å². The minimum absolute atomic E-state index is 0.614. The van der Waals surface area contributed by atoms with E-state index in [-0.39, 0.29) is 0 Å². The molecule has 0 saturated heterocycles. The predicted molar refractivity (Wildman–Crippen MR) is 157 cm³/mol.